The minimum absolute atomic E-state index is 0. The molecule has 0 unspecified atom stereocenters. The van der Waals surface area contributed by atoms with Gasteiger partial charge in [0.1, 0.15) is 79.5 Å². The molecule has 0 saturated heterocycles. The van der Waals surface area contributed by atoms with E-state index in [1.54, 1.807) is 50.9 Å². The van der Waals surface area contributed by atoms with E-state index in [0.717, 1.165) is 195 Å². The van der Waals surface area contributed by atoms with Gasteiger partial charge in [0, 0.05) is 114 Å². The van der Waals surface area contributed by atoms with E-state index in [4.69, 9.17) is 68.7 Å². The molecule has 0 aliphatic carbocycles. The molecule has 0 fully saturated rings. The second-order valence-electron chi connectivity index (χ2n) is 31.7. The molecule has 0 saturated carbocycles. The van der Waals surface area contributed by atoms with Crippen LogP contribution in [0.4, 0.5) is 4.39 Å². The van der Waals surface area contributed by atoms with Gasteiger partial charge in [0.05, 0.1) is 78.3 Å². The van der Waals surface area contributed by atoms with Crippen LogP contribution in [0, 0.1) is 14.1 Å². The maximum Gasteiger partial charge on any atom is 1.00 e. The average Bonchev–Trinajstić information content (AvgIpc) is 1.48. The van der Waals surface area contributed by atoms with E-state index >= 15 is 0 Å². The Hall–Kier alpha value is -13.1. The molecule has 27 aromatic rings. The van der Waals surface area contributed by atoms with Crippen molar-refractivity contribution in [2.75, 3.05) is 7.11 Å². The van der Waals surface area contributed by atoms with Crippen LogP contribution in [0.1, 0.15) is 12.5 Å². The van der Waals surface area contributed by atoms with Crippen molar-refractivity contribution in [2.45, 2.75) is 13.8 Å². The number of pyridine rings is 9. The van der Waals surface area contributed by atoms with Gasteiger partial charge in [-0.15, -0.1) is 17.0 Å². The van der Waals surface area contributed by atoms with Gasteiger partial charge >= 0.3 is 144 Å². The topological polar surface area (TPSA) is 290 Å². The van der Waals surface area contributed by atoms with Crippen LogP contribution in [-0.2, 0) is 14.5 Å². The summed E-state index contributed by atoms with van der Waals surface area (Å²) in [5, 5.41) is 35.6. The second-order valence-corrected chi connectivity index (χ2v) is 33.4. The fraction of sp³-hybridized carbons (Fsp3) is 0.0268. The van der Waals surface area contributed by atoms with Gasteiger partial charge in [0.15, 0.2) is 0 Å². The van der Waals surface area contributed by atoms with Crippen LogP contribution in [0.15, 0.2) is 387 Å². The molecule has 24 nitrogen and oxygen atoms in total. The van der Waals surface area contributed by atoms with Crippen molar-refractivity contribution >= 4 is 239 Å². The summed E-state index contributed by atoms with van der Waals surface area (Å²) in [7, 11) is 3.43. The first-order valence-corrected chi connectivity index (χ1v) is 45.4. The average molecular weight is 2290 g/mol. The number of ether oxygens (including phenoxy) is 2. The zero-order chi connectivity index (χ0) is 97.2. The van der Waals surface area contributed by atoms with E-state index in [1.807, 2.05) is 195 Å². The number of phenols is 1. The van der Waals surface area contributed by atoms with E-state index in [0.29, 0.717) is 10.2 Å². The largest absolute Gasteiger partial charge is 1.00 e. The van der Waals surface area contributed by atoms with E-state index in [1.165, 1.54) is 32.8 Å². The Labute approximate surface area is 963 Å². The standard InChI is InChI=1S/C35H21N5O.C19H13N3O.C18H11N3O.C17H11BrN2.C14H12N2.C5H3Cl2N.C2H4O2.CH2F.CH2O3.BrH.2Cs/c1-3-11-30-25(8-1)26-17-15-23(21-32(26)39(30)33-13-5-6-18-36-33)41-22-14-16-24-27-9-7-19-37-34(27)40-31-12-4-2-10-29(31)38-35(40)28(24)20-22;1-23-12-8-9-13-14-5-4-10-20-18(14)22-17-7-3-2-6-16(17)21-19(22)15(13)11-12;22-11-7-8-12-13-4-3-9-19-17(13)21-16-6-2-1-5-15(16)20-18(21)14(12)10-11;18-12-8-9-14-13-5-1-2-6-15(13)20(16(14)11-12)17-7-3-4-10-19-17;1-10-5-4-6-11(9-10)14-15-12-7-2-3-8-13(12)16-14;6-4-2-1-3-8-5(4)7;1-2(3)4;1-2;2-1-4-3;;;/h1-21H;2-11H,1H3;1-10,22H;1-11H;2-9H,1H3,(H,15,16);1-3H;1H3,(H,3,4);1H2;1,3H;1H;;/q;;;;;;;-1;;;2*+1/i/hD. The van der Waals surface area contributed by atoms with Crippen molar-refractivity contribution in [1.82, 2.24) is 77.2 Å². The predicted molar refractivity (Wildman–Crippen MR) is 570 cm³/mol. The first kappa shape index (κ1) is 101. The fourth-order valence-corrected chi connectivity index (χ4v) is 18.0. The summed E-state index contributed by atoms with van der Waals surface area (Å²) < 4.78 is 38.6. The third-order valence-corrected chi connectivity index (χ3v) is 24.4. The number of rotatable bonds is 8. The number of H-pyrrole nitrogens is 1. The molecule has 0 spiro atoms. The number of fused-ring (bicyclic) bond motifs is 31. The summed E-state index contributed by atoms with van der Waals surface area (Å²) in [4.78, 5) is 70.5. The van der Waals surface area contributed by atoms with Crippen LogP contribution < -0.4 is 147 Å². The Morgan fingerprint density at radius 1 is 0.406 bits per heavy atom. The van der Waals surface area contributed by atoms with E-state index < -0.39 is 5.97 Å². The summed E-state index contributed by atoms with van der Waals surface area (Å²) in [5.74, 6) is 4.48. The third kappa shape index (κ3) is 21.5. The number of benzene rings is 12. The monoisotopic (exact) mass is 2290 g/mol. The number of aryl methyl sites for hydroxylation is 1. The van der Waals surface area contributed by atoms with Crippen LogP contribution >= 0.6 is 56.1 Å². The summed E-state index contributed by atoms with van der Waals surface area (Å²) in [6, 6.07) is 116. The number of halogens is 5. The van der Waals surface area contributed by atoms with Gasteiger partial charge in [-0.3, -0.25) is 31.9 Å². The number of aromatic nitrogens is 16. The van der Waals surface area contributed by atoms with Gasteiger partial charge in [-0.25, -0.2) is 55.1 Å². The van der Waals surface area contributed by atoms with E-state index in [-0.39, 0.29) is 167 Å². The number of carboxylic acids is 1. The first-order chi connectivity index (χ1) is 69.1. The molecule has 692 valence electrons. The molecule has 0 atom stereocenters. The van der Waals surface area contributed by atoms with Gasteiger partial charge < -0.3 is 33.9 Å². The number of hydrogen-bond donors (Lipinski definition) is 4. The Morgan fingerprint density at radius 3 is 1.26 bits per heavy atom. The van der Waals surface area contributed by atoms with Crippen LogP contribution in [0.3, 0.4) is 0 Å². The third-order valence-electron chi connectivity index (χ3n) is 23.2. The normalized spacial score (nSPS) is 10.9. The van der Waals surface area contributed by atoms with Crippen molar-refractivity contribution in [3.63, 3.8) is 0 Å². The number of aliphatic carboxylic acids is 1. The van der Waals surface area contributed by atoms with Gasteiger partial charge in [0.25, 0.3) is 7.40 Å². The van der Waals surface area contributed by atoms with Crippen molar-refractivity contribution in [1.29, 1.82) is 1.43 Å². The number of carboxylic acid groups (broad SMARTS) is 1. The fourth-order valence-electron chi connectivity index (χ4n) is 17.5. The number of hydrogen-bond acceptors (Lipinski definition) is 17. The second kappa shape index (κ2) is 47.0. The zero-order valence-corrected chi connectivity index (χ0v) is 94.5. The summed E-state index contributed by atoms with van der Waals surface area (Å²) in [6.45, 7) is 3.19. The van der Waals surface area contributed by atoms with E-state index in [9.17, 15) is 9.50 Å². The smallest absolute Gasteiger partial charge is 0.508 e. The number of aromatic amines is 1. The zero-order valence-electron chi connectivity index (χ0n) is 78.1. The van der Waals surface area contributed by atoms with Crippen LogP contribution in [-0.4, -0.2) is 112 Å². The molecule has 27 rings (SSSR count). The molecule has 0 radical (unpaired) electrons. The summed E-state index contributed by atoms with van der Waals surface area (Å²) >= 11 is 14.5. The number of carbonyl (C=O) groups excluding carboxylic acids is 1. The molecule has 12 aromatic carbocycles. The van der Waals surface area contributed by atoms with Crippen molar-refractivity contribution in [3.05, 3.63) is 410 Å². The number of nitrogens with zero attached hydrogens (tertiary/aromatic N) is 15. The van der Waals surface area contributed by atoms with Gasteiger partial charge in [-0.05, 0) is 241 Å². The Morgan fingerprint density at radius 2 is 0.804 bits per heavy atom. The molecule has 15 heterocycles. The van der Waals surface area contributed by atoms with Crippen LogP contribution in [0.5, 0.6) is 23.0 Å². The van der Waals surface area contributed by atoms with Crippen molar-refractivity contribution < 1.29 is 182 Å². The molecule has 31 heteroatoms. The molecular formula is C112H80Br2Cl2Cs2FN16O8+. The number of para-hydroxylation sites is 10. The molecular weight excluding hydrogens is 2210 g/mol. The van der Waals surface area contributed by atoms with Crippen molar-refractivity contribution in [2.24, 2.45) is 0 Å². The minimum Gasteiger partial charge on any atom is -0.508 e. The molecule has 0 aliphatic rings. The molecule has 0 amide bonds. The SMILES string of the molecule is Br.Brc1ccc2c3ccccc3n(-c3ccccn3)c2c1.CC(=O)O.COc1ccc2c3cccnc3n3c4ccccc4nc3c2c1.Cc1cccc(-c2nc3ccccc3[nH]2)c1.Clc1cccnc1Cl.Oc1ccc2c3cccnc3n3c4ccccc4nc3c2c1.[2H]OOC=O.[CH2-]F.[Cs+].[Cs+].c1ccc(-n2c3ccccc3c3ccc(Oc4ccc5c6cccnc6n6c7ccccc7nc6c5c4)cc32)nc1. The first-order valence-electron chi connectivity index (χ1n) is 44.2. The van der Waals surface area contributed by atoms with Gasteiger partial charge in [-0.2, -0.15) is 7.18 Å². The molecule has 143 heavy (non-hydrogen) atoms. The maximum absolute atomic E-state index is 9.88. The molecule has 4 N–H and O–H groups in total. The molecule has 0 aliphatic heterocycles. The van der Waals surface area contributed by atoms with Crippen LogP contribution in [0.25, 0.3) is 195 Å². The maximum atomic E-state index is 9.88. The number of imidazole rings is 4. The summed E-state index contributed by atoms with van der Waals surface area (Å²) in [5.41, 5.74) is 20.2. The number of phenolic OH excluding ortho intramolecular Hbond substituents is 1. The van der Waals surface area contributed by atoms with Crippen molar-refractivity contribution in [3.8, 4) is 46.0 Å². The Balaban J connectivity index is 0.000000127. The molecule has 0 bridgehead atoms. The van der Waals surface area contributed by atoms with Gasteiger partial charge in [0.2, 0.25) is 0 Å². The number of methoxy groups -OCH3 is 1. The van der Waals surface area contributed by atoms with E-state index in [2.05, 4.69) is 242 Å². The molecule has 15 aromatic heterocycles. The summed E-state index contributed by atoms with van der Waals surface area (Å²) in [6.07, 6.45) is 10.7. The number of nitrogens with one attached hydrogen (secondary N) is 1. The minimum atomic E-state index is -0.833. The van der Waals surface area contributed by atoms with Gasteiger partial charge in [-0.1, -0.05) is 166 Å². The number of aromatic hydroxyl groups is 1. The Kier molecular flexibility index (Phi) is 33.3. The predicted octanol–water partition coefficient (Wildman–Crippen LogP) is 22.5. The quantitative estimate of drug-likeness (QED) is 0.0274. The number of carbonyl (C=O) groups is 2. The Bertz CT molecular complexity index is 9320. The van der Waals surface area contributed by atoms with Crippen LogP contribution in [0.2, 0.25) is 10.2 Å².